The van der Waals surface area contributed by atoms with Gasteiger partial charge in [-0.05, 0) is 0 Å². The van der Waals surface area contributed by atoms with Crippen LogP contribution in [-0.4, -0.2) is 19.9 Å². The van der Waals surface area contributed by atoms with Crippen molar-refractivity contribution in [3.63, 3.8) is 0 Å². The Morgan fingerprint density at radius 1 is 0.875 bits per heavy atom. The van der Waals surface area contributed by atoms with Gasteiger partial charge in [0.1, 0.15) is 12.4 Å². The van der Waals surface area contributed by atoms with Gasteiger partial charge >= 0.3 is 0 Å². The van der Waals surface area contributed by atoms with Gasteiger partial charge in [-0.1, -0.05) is 9.97 Å². The third-order valence-corrected chi connectivity index (χ3v) is 2.26. The van der Waals surface area contributed by atoms with Crippen molar-refractivity contribution in [2.24, 2.45) is 0 Å². The Labute approximate surface area is 91.3 Å². The summed E-state index contributed by atoms with van der Waals surface area (Å²) in [6.45, 7) is 0. The minimum atomic E-state index is 0.819. The minimum Gasteiger partial charge on any atom is -0.283 e. The summed E-state index contributed by atoms with van der Waals surface area (Å²) in [5.41, 5.74) is 0. The number of nitrogens with zero attached hydrogens (tertiary/aromatic N) is 4. The molecule has 16 heavy (non-hydrogen) atoms. The fourth-order valence-electron chi connectivity index (χ4n) is 1.48. The van der Waals surface area contributed by atoms with Crippen LogP contribution < -0.4 is 9.13 Å². The zero-order chi connectivity index (χ0) is 10.8. The first-order valence-corrected chi connectivity index (χ1v) is 4.84. The molecular weight excluding hydrogens is 204 g/mol. The normalized spacial score (nSPS) is 10.5. The number of aromatic nitrogens is 6. The Balaban J connectivity index is 2.07. The highest BCUT2D eigenvalue weighted by Crippen LogP contribution is 1.96. The molecule has 0 radical (unpaired) electrons. The second kappa shape index (κ2) is 3.58. The molecular formula is C10H10N6+2. The van der Waals surface area contributed by atoms with Crippen LogP contribution in [0.1, 0.15) is 0 Å². The van der Waals surface area contributed by atoms with Crippen molar-refractivity contribution in [1.29, 1.82) is 0 Å². The highest BCUT2D eigenvalue weighted by molar-refractivity contribution is 5.18. The monoisotopic (exact) mass is 214 g/mol. The maximum atomic E-state index is 4.20. The van der Waals surface area contributed by atoms with Crippen molar-refractivity contribution < 1.29 is 9.13 Å². The number of imidazole rings is 2. The van der Waals surface area contributed by atoms with Gasteiger partial charge in [-0.25, -0.2) is 9.13 Å². The van der Waals surface area contributed by atoms with Crippen LogP contribution in [0, 0.1) is 0 Å². The Morgan fingerprint density at radius 3 is 1.88 bits per heavy atom. The smallest absolute Gasteiger partial charge is 0.277 e. The molecule has 0 fully saturated rings. The minimum absolute atomic E-state index is 0.819. The van der Waals surface area contributed by atoms with Crippen molar-refractivity contribution in [3.8, 4) is 11.6 Å². The molecule has 0 aliphatic carbocycles. The largest absolute Gasteiger partial charge is 0.283 e. The van der Waals surface area contributed by atoms with E-state index in [-0.39, 0.29) is 0 Å². The third-order valence-electron chi connectivity index (χ3n) is 2.26. The molecule has 0 spiro atoms. The van der Waals surface area contributed by atoms with Gasteiger partial charge in [0.25, 0.3) is 18.0 Å². The predicted molar refractivity (Wildman–Crippen MR) is 53.8 cm³/mol. The first-order chi connectivity index (χ1) is 7.93. The summed E-state index contributed by atoms with van der Waals surface area (Å²) in [6.07, 6.45) is 12.7. The quantitative estimate of drug-likeness (QED) is 0.574. The van der Waals surface area contributed by atoms with E-state index in [1.165, 1.54) is 0 Å². The van der Waals surface area contributed by atoms with Gasteiger partial charge < -0.3 is 0 Å². The van der Waals surface area contributed by atoms with E-state index < -0.39 is 0 Å². The molecule has 3 heterocycles. The standard InChI is InChI=1S/C10H8N6/c1-3-15(7-11-1)9-5-10(14-6-13-9)16-4-2-12-8-16/h1-8H/p+2. The Morgan fingerprint density at radius 2 is 1.44 bits per heavy atom. The van der Waals surface area contributed by atoms with Gasteiger partial charge in [0.2, 0.25) is 0 Å². The van der Waals surface area contributed by atoms with Crippen LogP contribution in [0.15, 0.2) is 49.8 Å². The fourth-order valence-corrected chi connectivity index (χ4v) is 1.48. The van der Waals surface area contributed by atoms with Gasteiger partial charge in [-0.15, -0.1) is 0 Å². The van der Waals surface area contributed by atoms with Crippen LogP contribution in [0.2, 0.25) is 0 Å². The van der Waals surface area contributed by atoms with E-state index >= 15 is 0 Å². The molecule has 0 amide bonds. The molecule has 0 bridgehead atoms. The molecule has 78 valence electrons. The van der Waals surface area contributed by atoms with Gasteiger partial charge in [0.15, 0.2) is 12.7 Å². The Bertz CT molecular complexity index is 520. The molecule has 0 saturated heterocycles. The molecule has 0 aliphatic heterocycles. The molecule has 6 heteroatoms. The molecule has 0 aliphatic rings. The molecule has 6 nitrogen and oxygen atoms in total. The fraction of sp³-hybridized carbons (Fsp3) is 0. The summed E-state index contributed by atoms with van der Waals surface area (Å²) in [7, 11) is 0. The van der Waals surface area contributed by atoms with E-state index in [0.29, 0.717) is 0 Å². The summed E-state index contributed by atoms with van der Waals surface area (Å²) in [5, 5.41) is 0. The summed E-state index contributed by atoms with van der Waals surface area (Å²) in [6, 6.07) is 1.90. The molecule has 0 atom stereocenters. The van der Waals surface area contributed by atoms with Gasteiger partial charge in [-0.3, -0.25) is 9.97 Å². The third kappa shape index (κ3) is 1.46. The van der Waals surface area contributed by atoms with E-state index in [4.69, 9.17) is 0 Å². The van der Waals surface area contributed by atoms with Crippen molar-refractivity contribution in [3.05, 3.63) is 49.8 Å². The molecule has 3 aromatic heterocycles. The highest BCUT2D eigenvalue weighted by Gasteiger charge is 2.12. The van der Waals surface area contributed by atoms with Crippen LogP contribution in [0.25, 0.3) is 11.6 Å². The van der Waals surface area contributed by atoms with E-state index in [0.717, 1.165) is 11.6 Å². The van der Waals surface area contributed by atoms with Gasteiger partial charge in [-0.2, -0.15) is 0 Å². The lowest BCUT2D eigenvalue weighted by Crippen LogP contribution is -2.33. The lowest BCUT2D eigenvalue weighted by Gasteiger charge is -1.93. The molecule has 2 N–H and O–H groups in total. The number of nitrogens with one attached hydrogen (secondary N) is 2. The van der Waals surface area contributed by atoms with Crippen molar-refractivity contribution in [2.75, 3.05) is 0 Å². The number of H-pyrrole nitrogens is 2. The van der Waals surface area contributed by atoms with E-state index in [9.17, 15) is 0 Å². The maximum absolute atomic E-state index is 4.20. The number of hydrogen-bond donors (Lipinski definition) is 2. The second-order valence-electron chi connectivity index (χ2n) is 3.27. The molecule has 3 rings (SSSR count). The molecule has 3 aromatic rings. The maximum Gasteiger partial charge on any atom is 0.277 e. The lowest BCUT2D eigenvalue weighted by molar-refractivity contribution is -0.607. The lowest BCUT2D eigenvalue weighted by atomic mass is 10.5. The first-order valence-electron chi connectivity index (χ1n) is 4.84. The number of hydrogen-bond acceptors (Lipinski definition) is 2. The van der Waals surface area contributed by atoms with Crippen LogP contribution in [0.4, 0.5) is 0 Å². The van der Waals surface area contributed by atoms with Crippen molar-refractivity contribution in [1.82, 2.24) is 19.9 Å². The summed E-state index contributed by atoms with van der Waals surface area (Å²) in [4.78, 5) is 14.3. The predicted octanol–water partition coefficient (Wildman–Crippen LogP) is -0.314. The van der Waals surface area contributed by atoms with Crippen LogP contribution >= 0.6 is 0 Å². The summed E-state index contributed by atoms with van der Waals surface area (Å²) >= 11 is 0. The zero-order valence-electron chi connectivity index (χ0n) is 8.41. The van der Waals surface area contributed by atoms with Crippen LogP contribution in [0.3, 0.4) is 0 Å². The van der Waals surface area contributed by atoms with E-state index in [1.54, 1.807) is 6.33 Å². The van der Waals surface area contributed by atoms with E-state index in [1.807, 2.05) is 52.6 Å². The second-order valence-corrected chi connectivity index (χ2v) is 3.27. The van der Waals surface area contributed by atoms with Crippen LogP contribution in [0.5, 0.6) is 0 Å². The SMILES string of the molecule is c1nc(-[n+]2cc[nH]c2)cc(-[n+]2cc[nH]c2)n1. The summed E-state index contributed by atoms with van der Waals surface area (Å²) in [5.74, 6) is 1.64. The Kier molecular flexibility index (Phi) is 1.96. The number of aromatic amines is 2. The average Bonchev–Trinajstić information content (AvgIpc) is 3.03. The highest BCUT2D eigenvalue weighted by atomic mass is 15.1. The van der Waals surface area contributed by atoms with Gasteiger partial charge in [0, 0.05) is 0 Å². The Hall–Kier alpha value is -2.50. The van der Waals surface area contributed by atoms with E-state index in [2.05, 4.69) is 19.9 Å². The first kappa shape index (κ1) is 8.78. The van der Waals surface area contributed by atoms with Crippen molar-refractivity contribution >= 4 is 0 Å². The summed E-state index contributed by atoms with van der Waals surface area (Å²) < 4.78 is 3.77. The average molecular weight is 214 g/mol. The molecule has 0 aromatic carbocycles. The van der Waals surface area contributed by atoms with Gasteiger partial charge in [0.05, 0.1) is 18.5 Å². The number of rotatable bonds is 2. The topological polar surface area (TPSA) is 65.1 Å². The van der Waals surface area contributed by atoms with Crippen LogP contribution in [-0.2, 0) is 0 Å². The molecule has 0 saturated carbocycles. The zero-order valence-corrected chi connectivity index (χ0v) is 8.41. The van der Waals surface area contributed by atoms with Crippen molar-refractivity contribution in [2.45, 2.75) is 0 Å². The molecule has 0 unspecified atom stereocenters.